The first kappa shape index (κ1) is 13.5. The lowest BCUT2D eigenvalue weighted by Gasteiger charge is -2.27. The SMILES string of the molecule is CC(O)CCNCC(=O)N1CCc2sccc2C1. The van der Waals surface area contributed by atoms with Crippen molar-refractivity contribution in [2.75, 3.05) is 19.6 Å². The van der Waals surface area contributed by atoms with Gasteiger partial charge in [-0.3, -0.25) is 4.79 Å². The molecule has 1 aromatic heterocycles. The highest BCUT2D eigenvalue weighted by Crippen LogP contribution is 2.23. The second kappa shape index (κ2) is 6.31. The maximum absolute atomic E-state index is 12.0. The van der Waals surface area contributed by atoms with Crippen molar-refractivity contribution >= 4 is 17.2 Å². The van der Waals surface area contributed by atoms with Crippen LogP contribution in [0.5, 0.6) is 0 Å². The lowest BCUT2D eigenvalue weighted by Crippen LogP contribution is -2.41. The summed E-state index contributed by atoms with van der Waals surface area (Å²) in [6.45, 7) is 4.37. The van der Waals surface area contributed by atoms with Crippen molar-refractivity contribution < 1.29 is 9.90 Å². The van der Waals surface area contributed by atoms with E-state index in [1.807, 2.05) is 4.90 Å². The Morgan fingerprint density at radius 3 is 3.28 bits per heavy atom. The van der Waals surface area contributed by atoms with Crippen LogP contribution in [0.1, 0.15) is 23.8 Å². The van der Waals surface area contributed by atoms with Gasteiger partial charge in [-0.2, -0.15) is 0 Å². The first-order valence-electron chi connectivity index (χ1n) is 6.38. The normalized spacial score (nSPS) is 16.4. The monoisotopic (exact) mass is 268 g/mol. The summed E-state index contributed by atoms with van der Waals surface area (Å²) in [6.07, 6.45) is 1.35. The molecule has 1 amide bonds. The molecule has 0 aromatic carbocycles. The molecule has 0 fully saturated rings. The molecule has 2 rings (SSSR count). The van der Waals surface area contributed by atoms with Crippen LogP contribution >= 0.6 is 11.3 Å². The Kier molecular flexibility index (Phi) is 4.74. The summed E-state index contributed by atoms with van der Waals surface area (Å²) in [5.41, 5.74) is 1.29. The maximum Gasteiger partial charge on any atom is 0.236 e. The fourth-order valence-electron chi connectivity index (χ4n) is 2.08. The number of fused-ring (bicyclic) bond motifs is 1. The number of thiophene rings is 1. The number of hydrogen-bond donors (Lipinski definition) is 2. The third-order valence-electron chi connectivity index (χ3n) is 3.18. The van der Waals surface area contributed by atoms with Gasteiger partial charge in [0.2, 0.25) is 5.91 Å². The fraction of sp³-hybridized carbons (Fsp3) is 0.615. The van der Waals surface area contributed by atoms with Crippen molar-refractivity contribution in [3.8, 4) is 0 Å². The molecule has 1 aliphatic heterocycles. The predicted molar refractivity (Wildman–Crippen MR) is 72.6 cm³/mol. The standard InChI is InChI=1S/C13H20N2O2S/c1-10(16)2-5-14-8-13(17)15-6-3-12-11(9-15)4-7-18-12/h4,7,10,14,16H,2-3,5-6,8-9H2,1H3. The van der Waals surface area contributed by atoms with E-state index in [0.717, 1.165) is 19.5 Å². The molecular weight excluding hydrogens is 248 g/mol. The lowest BCUT2D eigenvalue weighted by molar-refractivity contribution is -0.131. The van der Waals surface area contributed by atoms with Gasteiger partial charge in [-0.1, -0.05) is 0 Å². The third-order valence-corrected chi connectivity index (χ3v) is 4.20. The van der Waals surface area contributed by atoms with Gasteiger partial charge in [-0.25, -0.2) is 0 Å². The van der Waals surface area contributed by atoms with Gasteiger partial charge >= 0.3 is 0 Å². The van der Waals surface area contributed by atoms with Crippen molar-refractivity contribution in [2.45, 2.75) is 32.4 Å². The van der Waals surface area contributed by atoms with Crippen LogP contribution in [-0.4, -0.2) is 41.7 Å². The average molecular weight is 268 g/mol. The highest BCUT2D eigenvalue weighted by molar-refractivity contribution is 7.10. The van der Waals surface area contributed by atoms with Crippen LogP contribution in [0.3, 0.4) is 0 Å². The minimum atomic E-state index is -0.309. The van der Waals surface area contributed by atoms with Gasteiger partial charge in [0.15, 0.2) is 0 Å². The maximum atomic E-state index is 12.0. The van der Waals surface area contributed by atoms with Crippen LogP contribution in [0.2, 0.25) is 0 Å². The smallest absolute Gasteiger partial charge is 0.236 e. The summed E-state index contributed by atoms with van der Waals surface area (Å²) in [5.74, 6) is 0.150. The number of aliphatic hydroxyl groups is 1. The van der Waals surface area contributed by atoms with Gasteiger partial charge in [0.25, 0.3) is 0 Å². The van der Waals surface area contributed by atoms with E-state index in [1.54, 1.807) is 18.3 Å². The molecule has 0 saturated carbocycles. The van der Waals surface area contributed by atoms with Gasteiger partial charge in [-0.15, -0.1) is 11.3 Å². The Morgan fingerprint density at radius 2 is 2.50 bits per heavy atom. The zero-order valence-corrected chi connectivity index (χ0v) is 11.5. The molecule has 5 heteroatoms. The molecule has 1 atom stereocenters. The molecule has 1 unspecified atom stereocenters. The fourth-order valence-corrected chi connectivity index (χ4v) is 2.97. The van der Waals surface area contributed by atoms with Crippen LogP contribution in [0.25, 0.3) is 0 Å². The van der Waals surface area contributed by atoms with Crippen molar-refractivity contribution in [1.82, 2.24) is 10.2 Å². The number of carbonyl (C=O) groups is 1. The highest BCUT2D eigenvalue weighted by atomic mass is 32.1. The number of nitrogens with one attached hydrogen (secondary N) is 1. The minimum Gasteiger partial charge on any atom is -0.393 e. The molecule has 0 bridgehead atoms. The second-order valence-corrected chi connectivity index (χ2v) is 5.75. The molecule has 0 spiro atoms. The Morgan fingerprint density at radius 1 is 1.67 bits per heavy atom. The van der Waals surface area contributed by atoms with Gasteiger partial charge in [-0.05, 0) is 43.3 Å². The third kappa shape index (κ3) is 3.54. The van der Waals surface area contributed by atoms with Crippen LogP contribution < -0.4 is 5.32 Å². The quantitative estimate of drug-likeness (QED) is 0.783. The number of nitrogens with zero attached hydrogens (tertiary/aromatic N) is 1. The summed E-state index contributed by atoms with van der Waals surface area (Å²) in [7, 11) is 0. The molecule has 0 radical (unpaired) electrons. The van der Waals surface area contributed by atoms with Gasteiger partial charge < -0.3 is 15.3 Å². The van der Waals surface area contributed by atoms with E-state index in [1.165, 1.54) is 10.4 Å². The first-order chi connectivity index (χ1) is 8.66. The van der Waals surface area contributed by atoms with Gasteiger partial charge in [0.05, 0.1) is 12.6 Å². The average Bonchev–Trinajstić information content (AvgIpc) is 2.81. The van der Waals surface area contributed by atoms with E-state index >= 15 is 0 Å². The number of carbonyl (C=O) groups excluding carboxylic acids is 1. The lowest BCUT2D eigenvalue weighted by atomic mass is 10.1. The molecule has 100 valence electrons. The van der Waals surface area contributed by atoms with E-state index in [0.29, 0.717) is 19.5 Å². The van der Waals surface area contributed by atoms with Crippen molar-refractivity contribution in [2.24, 2.45) is 0 Å². The summed E-state index contributed by atoms with van der Waals surface area (Å²) in [6, 6.07) is 2.11. The van der Waals surface area contributed by atoms with Crippen LogP contribution in [0.4, 0.5) is 0 Å². The van der Waals surface area contributed by atoms with E-state index in [2.05, 4.69) is 16.8 Å². The number of hydrogen-bond acceptors (Lipinski definition) is 4. The van der Waals surface area contributed by atoms with Gasteiger partial charge in [0, 0.05) is 18.0 Å². The van der Waals surface area contributed by atoms with Crippen molar-refractivity contribution in [3.63, 3.8) is 0 Å². The molecule has 1 aliphatic rings. The van der Waals surface area contributed by atoms with Crippen molar-refractivity contribution in [1.29, 1.82) is 0 Å². The second-order valence-electron chi connectivity index (χ2n) is 4.75. The number of aliphatic hydroxyl groups excluding tert-OH is 1. The molecule has 1 aromatic rings. The Balaban J connectivity index is 1.74. The minimum absolute atomic E-state index is 0.150. The first-order valence-corrected chi connectivity index (χ1v) is 7.26. The zero-order valence-electron chi connectivity index (χ0n) is 10.7. The molecule has 2 heterocycles. The Bertz CT molecular complexity index is 403. The van der Waals surface area contributed by atoms with E-state index in [4.69, 9.17) is 5.11 Å². The zero-order chi connectivity index (χ0) is 13.0. The topological polar surface area (TPSA) is 52.6 Å². The number of amides is 1. The predicted octanol–water partition coefficient (Wildman–Crippen LogP) is 0.993. The molecule has 0 saturated heterocycles. The molecule has 18 heavy (non-hydrogen) atoms. The molecule has 0 aliphatic carbocycles. The van der Waals surface area contributed by atoms with Crippen molar-refractivity contribution in [3.05, 3.63) is 21.9 Å². The summed E-state index contributed by atoms with van der Waals surface area (Å²) in [5, 5.41) is 14.3. The van der Waals surface area contributed by atoms with Crippen LogP contribution in [0, 0.1) is 0 Å². The summed E-state index contributed by atoms with van der Waals surface area (Å²) >= 11 is 1.78. The molecular formula is C13H20N2O2S. The van der Waals surface area contributed by atoms with E-state index in [9.17, 15) is 4.79 Å². The van der Waals surface area contributed by atoms with E-state index < -0.39 is 0 Å². The largest absolute Gasteiger partial charge is 0.393 e. The summed E-state index contributed by atoms with van der Waals surface area (Å²) < 4.78 is 0. The molecule has 2 N–H and O–H groups in total. The Labute approximate surface area is 112 Å². The van der Waals surface area contributed by atoms with E-state index in [-0.39, 0.29) is 12.0 Å². The summed E-state index contributed by atoms with van der Waals surface area (Å²) in [4.78, 5) is 15.3. The number of rotatable bonds is 5. The van der Waals surface area contributed by atoms with Gasteiger partial charge in [0.1, 0.15) is 0 Å². The highest BCUT2D eigenvalue weighted by Gasteiger charge is 2.20. The Hall–Kier alpha value is -0.910. The van der Waals surface area contributed by atoms with Crippen LogP contribution in [-0.2, 0) is 17.8 Å². The molecule has 4 nitrogen and oxygen atoms in total. The van der Waals surface area contributed by atoms with Crippen LogP contribution in [0.15, 0.2) is 11.4 Å².